The summed E-state index contributed by atoms with van der Waals surface area (Å²) in [4.78, 5) is 23.3. The smallest absolute Gasteiger partial charge is 0.259 e. The molecule has 0 radical (unpaired) electrons. The maximum absolute atomic E-state index is 11.7. The predicted octanol–water partition coefficient (Wildman–Crippen LogP) is 2.64. The number of nitrogens with one attached hydrogen (secondary N) is 2. The summed E-state index contributed by atoms with van der Waals surface area (Å²) in [7, 11) is 0. The zero-order valence-corrected chi connectivity index (χ0v) is 14.6. The summed E-state index contributed by atoms with van der Waals surface area (Å²) >= 11 is 11.7. The summed E-state index contributed by atoms with van der Waals surface area (Å²) in [5.74, 6) is -0.587. The minimum Gasteiger partial charge on any atom is -0.482 e. The van der Waals surface area contributed by atoms with Gasteiger partial charge in [0.1, 0.15) is 5.75 Å². The van der Waals surface area contributed by atoms with Crippen molar-refractivity contribution >= 4 is 41.2 Å². The molecule has 8 heteroatoms. The van der Waals surface area contributed by atoms with Crippen LogP contribution in [0.15, 0.2) is 53.6 Å². The molecule has 2 amide bonds. The second-order valence-electron chi connectivity index (χ2n) is 4.84. The second kappa shape index (κ2) is 9.66. The van der Waals surface area contributed by atoms with E-state index in [0.717, 1.165) is 5.56 Å². The molecule has 0 aliphatic rings. The van der Waals surface area contributed by atoms with Crippen molar-refractivity contribution in [1.29, 1.82) is 0 Å². The Bertz CT molecular complexity index is 767. The Kier molecular flexibility index (Phi) is 7.25. The number of carbonyl (C=O) groups is 2. The number of amides is 2. The molecule has 0 bridgehead atoms. The highest BCUT2D eigenvalue weighted by Gasteiger charge is 2.08. The molecule has 25 heavy (non-hydrogen) atoms. The SMILES string of the molecule is O=C(COc1ccc(Cl)cc1Cl)NCC(=O)N/N=C\c1ccccc1. The Morgan fingerprint density at radius 3 is 2.56 bits per heavy atom. The van der Waals surface area contributed by atoms with Crippen LogP contribution in [0, 0.1) is 0 Å². The number of carbonyl (C=O) groups excluding carboxylic acids is 2. The van der Waals surface area contributed by atoms with E-state index < -0.39 is 11.8 Å². The minimum absolute atomic E-state index is 0.220. The highest BCUT2D eigenvalue weighted by atomic mass is 35.5. The Labute approximate surface area is 154 Å². The Balaban J connectivity index is 1.68. The lowest BCUT2D eigenvalue weighted by molar-refractivity contribution is -0.127. The molecule has 0 saturated heterocycles. The Morgan fingerprint density at radius 2 is 1.84 bits per heavy atom. The maximum Gasteiger partial charge on any atom is 0.259 e. The lowest BCUT2D eigenvalue weighted by Crippen LogP contribution is -2.37. The van der Waals surface area contributed by atoms with Crippen molar-refractivity contribution in [3.05, 3.63) is 64.1 Å². The van der Waals surface area contributed by atoms with Gasteiger partial charge in [-0.25, -0.2) is 5.43 Å². The molecule has 0 saturated carbocycles. The molecule has 0 atom stereocenters. The summed E-state index contributed by atoms with van der Waals surface area (Å²) in [6, 6.07) is 13.9. The molecule has 0 aromatic heterocycles. The highest BCUT2D eigenvalue weighted by molar-refractivity contribution is 6.35. The van der Waals surface area contributed by atoms with Crippen LogP contribution in [0.4, 0.5) is 0 Å². The number of nitrogens with zero attached hydrogens (tertiary/aromatic N) is 1. The number of halogens is 2. The van der Waals surface area contributed by atoms with Crippen molar-refractivity contribution in [2.75, 3.05) is 13.2 Å². The molecular formula is C17H15Cl2N3O3. The largest absolute Gasteiger partial charge is 0.482 e. The molecule has 0 spiro atoms. The van der Waals surface area contributed by atoms with Gasteiger partial charge in [0.05, 0.1) is 17.8 Å². The van der Waals surface area contributed by atoms with Gasteiger partial charge in [-0.05, 0) is 23.8 Å². The van der Waals surface area contributed by atoms with Gasteiger partial charge in [-0.1, -0.05) is 53.5 Å². The number of benzene rings is 2. The standard InChI is InChI=1S/C17H15Cl2N3O3/c18-13-6-7-15(14(19)8-13)25-11-17(24)20-10-16(23)22-21-9-12-4-2-1-3-5-12/h1-9H,10-11H2,(H,20,24)(H,22,23)/b21-9-. The summed E-state index contributed by atoms with van der Waals surface area (Å²) in [6.07, 6.45) is 1.51. The zero-order valence-electron chi connectivity index (χ0n) is 13.0. The van der Waals surface area contributed by atoms with Crippen LogP contribution < -0.4 is 15.5 Å². The van der Waals surface area contributed by atoms with Crippen molar-refractivity contribution < 1.29 is 14.3 Å². The zero-order chi connectivity index (χ0) is 18.1. The molecule has 2 rings (SSSR count). The third-order valence-corrected chi connectivity index (χ3v) is 3.43. The van der Waals surface area contributed by atoms with Crippen LogP contribution >= 0.6 is 23.2 Å². The van der Waals surface area contributed by atoms with E-state index in [1.54, 1.807) is 12.1 Å². The van der Waals surface area contributed by atoms with Crippen molar-refractivity contribution in [3.63, 3.8) is 0 Å². The number of rotatable bonds is 7. The number of hydrazone groups is 1. The van der Waals surface area contributed by atoms with E-state index in [9.17, 15) is 9.59 Å². The molecule has 2 aromatic carbocycles. The summed E-state index contributed by atoms with van der Waals surface area (Å²) in [5.41, 5.74) is 3.16. The van der Waals surface area contributed by atoms with E-state index in [2.05, 4.69) is 15.8 Å². The number of hydrogen-bond donors (Lipinski definition) is 2. The molecule has 130 valence electrons. The van der Waals surface area contributed by atoms with Crippen molar-refractivity contribution in [2.45, 2.75) is 0 Å². The van der Waals surface area contributed by atoms with Crippen LogP contribution in [0.5, 0.6) is 5.75 Å². The van der Waals surface area contributed by atoms with E-state index in [-0.39, 0.29) is 13.2 Å². The van der Waals surface area contributed by atoms with Gasteiger partial charge in [0.15, 0.2) is 6.61 Å². The molecule has 0 aliphatic carbocycles. The van der Waals surface area contributed by atoms with Crippen LogP contribution in [0.2, 0.25) is 10.0 Å². The topological polar surface area (TPSA) is 79.8 Å². The molecule has 2 N–H and O–H groups in total. The van der Waals surface area contributed by atoms with Crippen LogP contribution in [0.3, 0.4) is 0 Å². The van der Waals surface area contributed by atoms with Crippen molar-refractivity contribution in [2.24, 2.45) is 5.10 Å². The fraction of sp³-hybridized carbons (Fsp3) is 0.118. The van der Waals surface area contributed by atoms with Crippen LogP contribution in [-0.2, 0) is 9.59 Å². The van der Waals surface area contributed by atoms with Gasteiger partial charge < -0.3 is 10.1 Å². The molecule has 0 fully saturated rings. The molecule has 2 aromatic rings. The fourth-order valence-electron chi connectivity index (χ4n) is 1.72. The van der Waals surface area contributed by atoms with Gasteiger partial charge in [-0.3, -0.25) is 9.59 Å². The highest BCUT2D eigenvalue weighted by Crippen LogP contribution is 2.27. The molecule has 0 unspecified atom stereocenters. The molecule has 0 heterocycles. The Morgan fingerprint density at radius 1 is 1.08 bits per heavy atom. The van der Waals surface area contributed by atoms with E-state index >= 15 is 0 Å². The second-order valence-corrected chi connectivity index (χ2v) is 5.69. The van der Waals surface area contributed by atoms with Crippen LogP contribution in [-0.4, -0.2) is 31.2 Å². The van der Waals surface area contributed by atoms with Gasteiger partial charge >= 0.3 is 0 Å². The van der Waals surface area contributed by atoms with E-state index in [0.29, 0.717) is 15.8 Å². The monoisotopic (exact) mass is 379 g/mol. The molecule has 6 nitrogen and oxygen atoms in total. The van der Waals surface area contributed by atoms with Crippen LogP contribution in [0.1, 0.15) is 5.56 Å². The quantitative estimate of drug-likeness (QED) is 0.573. The third kappa shape index (κ3) is 6.82. The third-order valence-electron chi connectivity index (χ3n) is 2.90. The molecular weight excluding hydrogens is 365 g/mol. The first-order valence-corrected chi connectivity index (χ1v) is 8.01. The van der Waals surface area contributed by atoms with Crippen molar-refractivity contribution in [1.82, 2.24) is 10.7 Å². The lowest BCUT2D eigenvalue weighted by atomic mass is 10.2. The van der Waals surface area contributed by atoms with Gasteiger partial charge in [0.25, 0.3) is 11.8 Å². The Hall–Kier alpha value is -2.57. The maximum atomic E-state index is 11.7. The average Bonchev–Trinajstić information content (AvgIpc) is 2.60. The summed E-state index contributed by atoms with van der Waals surface area (Å²) in [5, 5.41) is 6.98. The minimum atomic E-state index is -0.465. The van der Waals surface area contributed by atoms with Gasteiger partial charge in [-0.15, -0.1) is 0 Å². The van der Waals surface area contributed by atoms with Gasteiger partial charge in [-0.2, -0.15) is 5.10 Å². The predicted molar refractivity (Wildman–Crippen MR) is 97.1 cm³/mol. The van der Waals surface area contributed by atoms with E-state index in [1.165, 1.54) is 12.3 Å². The summed E-state index contributed by atoms with van der Waals surface area (Å²) in [6.45, 7) is -0.495. The first-order valence-electron chi connectivity index (χ1n) is 7.26. The fourth-order valence-corrected chi connectivity index (χ4v) is 2.19. The van der Waals surface area contributed by atoms with Gasteiger partial charge in [0, 0.05) is 5.02 Å². The first kappa shape index (κ1) is 18.8. The number of hydrogen-bond acceptors (Lipinski definition) is 4. The number of ether oxygens (including phenoxy) is 1. The van der Waals surface area contributed by atoms with E-state index in [1.807, 2.05) is 30.3 Å². The van der Waals surface area contributed by atoms with E-state index in [4.69, 9.17) is 27.9 Å². The first-order chi connectivity index (χ1) is 12.0. The average molecular weight is 380 g/mol. The van der Waals surface area contributed by atoms with Crippen LogP contribution in [0.25, 0.3) is 0 Å². The van der Waals surface area contributed by atoms with Gasteiger partial charge in [0.2, 0.25) is 0 Å². The van der Waals surface area contributed by atoms with Crippen molar-refractivity contribution in [3.8, 4) is 5.75 Å². The molecule has 0 aliphatic heterocycles. The normalized spacial score (nSPS) is 10.5. The summed E-state index contributed by atoms with van der Waals surface area (Å²) < 4.78 is 5.26. The lowest BCUT2D eigenvalue weighted by Gasteiger charge is -2.08.